The first kappa shape index (κ1) is 24.6. The van der Waals surface area contributed by atoms with Gasteiger partial charge in [-0.1, -0.05) is 24.6 Å². The van der Waals surface area contributed by atoms with Crippen LogP contribution in [0.15, 0.2) is 47.4 Å². The number of nitriles is 1. The summed E-state index contributed by atoms with van der Waals surface area (Å²) in [5, 5.41) is 12.6. The predicted molar refractivity (Wildman–Crippen MR) is 119 cm³/mol. The number of unbranched alkanes of at least 4 members (excludes halogenated alkanes) is 2. The largest absolute Gasteiger partial charge is 0.325 e. The van der Waals surface area contributed by atoms with Crippen molar-refractivity contribution in [3.8, 4) is 6.07 Å². The van der Waals surface area contributed by atoms with Crippen LogP contribution < -0.4 is 5.32 Å². The lowest BCUT2D eigenvalue weighted by Gasteiger charge is -2.09. The number of hydrogen-bond acceptors (Lipinski definition) is 4. The van der Waals surface area contributed by atoms with Gasteiger partial charge in [0.15, 0.2) is 0 Å². The topological polar surface area (TPSA) is 93.4 Å². The van der Waals surface area contributed by atoms with Gasteiger partial charge in [0, 0.05) is 11.4 Å². The highest BCUT2D eigenvalue weighted by molar-refractivity contribution is 7.99. The van der Waals surface area contributed by atoms with Crippen LogP contribution in [0.5, 0.6) is 0 Å². The van der Waals surface area contributed by atoms with Gasteiger partial charge in [-0.15, -0.1) is 11.8 Å². The van der Waals surface area contributed by atoms with Crippen LogP contribution in [0.4, 0.5) is 4.39 Å². The van der Waals surface area contributed by atoms with E-state index in [2.05, 4.69) is 11.4 Å². The maximum Gasteiger partial charge on any atom is 0.325 e. The highest BCUT2D eigenvalue weighted by Gasteiger charge is 2.11. The second-order valence-electron chi connectivity index (χ2n) is 7.15. The van der Waals surface area contributed by atoms with E-state index in [1.165, 1.54) is 12.1 Å². The minimum absolute atomic E-state index is 0.122. The van der Waals surface area contributed by atoms with Crippen molar-refractivity contribution in [2.75, 3.05) is 18.5 Å². The summed E-state index contributed by atoms with van der Waals surface area (Å²) in [6, 6.07) is 14.7. The van der Waals surface area contributed by atoms with Gasteiger partial charge in [-0.05, 0) is 73.4 Å². The molecule has 0 saturated heterocycles. The molecule has 0 heterocycles. The molecule has 2 rings (SSSR count). The molecule has 0 aromatic heterocycles. The number of thioether (sulfide) groups is 1. The molecule has 0 aliphatic heterocycles. The summed E-state index contributed by atoms with van der Waals surface area (Å²) in [5.74, 6) is 0.739. The fraction of sp³-hybridized carbons (Fsp3) is 0.409. The van der Waals surface area contributed by atoms with Gasteiger partial charge in [-0.25, -0.2) is 4.39 Å². The average Bonchev–Trinajstić information content (AvgIpc) is 2.71. The van der Waals surface area contributed by atoms with E-state index in [1.54, 1.807) is 11.8 Å². The first-order chi connectivity index (χ1) is 14.4. The molecule has 0 bridgehead atoms. The lowest BCUT2D eigenvalue weighted by atomic mass is 10.1. The van der Waals surface area contributed by atoms with Gasteiger partial charge >= 0.3 is 7.60 Å². The number of aryl methyl sites for hydroxylation is 1. The Morgan fingerprint density at radius 2 is 1.77 bits per heavy atom. The maximum absolute atomic E-state index is 12.9. The van der Waals surface area contributed by atoms with E-state index in [0.29, 0.717) is 25.1 Å². The van der Waals surface area contributed by atoms with E-state index >= 15 is 0 Å². The van der Waals surface area contributed by atoms with Crippen molar-refractivity contribution >= 4 is 19.4 Å². The lowest BCUT2D eigenvalue weighted by molar-refractivity contribution is 0.371. The van der Waals surface area contributed by atoms with Crippen molar-refractivity contribution in [2.45, 2.75) is 43.5 Å². The van der Waals surface area contributed by atoms with Crippen LogP contribution in [0.25, 0.3) is 0 Å². The summed E-state index contributed by atoms with van der Waals surface area (Å²) in [7, 11) is -3.93. The zero-order valence-corrected chi connectivity index (χ0v) is 18.6. The SMILES string of the molecule is N#Cc1cc(CNCCCP(=O)(O)O)ccc1SCCCCCc1ccc(F)cc1. The first-order valence-electron chi connectivity index (χ1n) is 10.0. The standard InChI is InChI=1S/C22H28FN2O3PS/c23-21-9-6-18(7-10-21)5-2-1-3-14-30-22-11-8-19(15-20(22)16-24)17-25-12-4-13-29(26,27)28/h6-11,15,25H,1-5,12-14,17H2,(H2,26,27,28). The van der Waals surface area contributed by atoms with Crippen molar-refractivity contribution in [3.63, 3.8) is 0 Å². The summed E-state index contributed by atoms with van der Waals surface area (Å²) in [6.07, 6.45) is 4.43. The van der Waals surface area contributed by atoms with Gasteiger partial charge in [-0.3, -0.25) is 4.57 Å². The number of rotatable bonds is 13. The monoisotopic (exact) mass is 450 g/mol. The fourth-order valence-electron chi connectivity index (χ4n) is 2.98. The quantitative estimate of drug-likeness (QED) is 0.229. The lowest BCUT2D eigenvalue weighted by Crippen LogP contribution is -2.15. The molecule has 0 amide bonds. The Kier molecular flexibility index (Phi) is 10.6. The third kappa shape index (κ3) is 9.88. The van der Waals surface area contributed by atoms with Gasteiger partial charge in [0.05, 0.1) is 11.7 Å². The van der Waals surface area contributed by atoms with Crippen LogP contribution in [0, 0.1) is 17.1 Å². The Morgan fingerprint density at radius 3 is 2.47 bits per heavy atom. The van der Waals surface area contributed by atoms with Crippen LogP contribution in [-0.2, 0) is 17.5 Å². The Bertz CT molecular complexity index is 881. The maximum atomic E-state index is 12.9. The third-order valence-corrected chi connectivity index (χ3v) is 6.64. The van der Waals surface area contributed by atoms with Crippen LogP contribution in [0.1, 0.15) is 42.4 Å². The van der Waals surface area contributed by atoms with Crippen LogP contribution >= 0.6 is 19.4 Å². The molecule has 0 atom stereocenters. The molecule has 2 aromatic carbocycles. The molecule has 30 heavy (non-hydrogen) atoms. The van der Waals surface area contributed by atoms with E-state index in [0.717, 1.165) is 47.5 Å². The van der Waals surface area contributed by atoms with Crippen LogP contribution in [0.3, 0.4) is 0 Å². The van der Waals surface area contributed by atoms with Gasteiger partial charge in [0.25, 0.3) is 0 Å². The van der Waals surface area contributed by atoms with Gasteiger partial charge in [0.1, 0.15) is 11.9 Å². The molecule has 8 heteroatoms. The van der Waals surface area contributed by atoms with Crippen molar-refractivity contribution in [3.05, 3.63) is 65.0 Å². The molecule has 0 aliphatic carbocycles. The highest BCUT2D eigenvalue weighted by Crippen LogP contribution is 2.34. The Balaban J connectivity index is 1.67. The third-order valence-electron chi connectivity index (χ3n) is 4.58. The molecule has 3 N–H and O–H groups in total. The fourth-order valence-corrected chi connectivity index (χ4v) is 4.55. The number of nitrogens with one attached hydrogen (secondary N) is 1. The smallest absolute Gasteiger partial charge is 0.324 e. The van der Waals surface area contributed by atoms with Crippen molar-refractivity contribution < 1.29 is 18.7 Å². The molecule has 2 aromatic rings. The number of benzene rings is 2. The van der Waals surface area contributed by atoms with Crippen molar-refractivity contribution in [1.82, 2.24) is 5.32 Å². The van der Waals surface area contributed by atoms with E-state index in [4.69, 9.17) is 9.79 Å². The van der Waals surface area contributed by atoms with E-state index in [9.17, 15) is 14.2 Å². The van der Waals surface area contributed by atoms with Crippen LogP contribution in [-0.4, -0.2) is 28.2 Å². The second-order valence-corrected chi connectivity index (χ2v) is 10.1. The number of hydrogen-bond donors (Lipinski definition) is 3. The van der Waals surface area contributed by atoms with Crippen molar-refractivity contribution in [1.29, 1.82) is 5.26 Å². The Hall–Kier alpha value is -1.68. The summed E-state index contributed by atoms with van der Waals surface area (Å²) in [6.45, 7) is 1.07. The Labute approximate surface area is 181 Å². The molecule has 0 radical (unpaired) electrons. The molecule has 162 valence electrons. The molecule has 0 unspecified atom stereocenters. The minimum atomic E-state index is -3.93. The molecule has 0 fully saturated rings. The van der Waals surface area contributed by atoms with Crippen LogP contribution in [0.2, 0.25) is 0 Å². The zero-order chi connectivity index (χ0) is 21.8. The number of nitrogens with zero attached hydrogens (tertiary/aromatic N) is 1. The molecule has 5 nitrogen and oxygen atoms in total. The van der Waals surface area contributed by atoms with E-state index in [1.807, 2.05) is 30.3 Å². The number of halogens is 1. The second kappa shape index (κ2) is 12.9. The molecule has 0 aliphatic rings. The summed E-state index contributed by atoms with van der Waals surface area (Å²) >= 11 is 1.68. The molecule has 0 spiro atoms. The minimum Gasteiger partial charge on any atom is -0.324 e. The van der Waals surface area contributed by atoms with Gasteiger partial charge in [0.2, 0.25) is 0 Å². The van der Waals surface area contributed by atoms with E-state index in [-0.39, 0.29) is 12.0 Å². The highest BCUT2D eigenvalue weighted by atomic mass is 32.2. The Morgan fingerprint density at radius 1 is 1.03 bits per heavy atom. The average molecular weight is 451 g/mol. The molecular formula is C22H28FN2O3PS. The first-order valence-corrected chi connectivity index (χ1v) is 12.8. The summed E-state index contributed by atoms with van der Waals surface area (Å²) in [5.41, 5.74) is 2.79. The predicted octanol–water partition coefficient (Wildman–Crippen LogP) is 4.86. The van der Waals surface area contributed by atoms with Crippen molar-refractivity contribution in [2.24, 2.45) is 0 Å². The molecular weight excluding hydrogens is 422 g/mol. The normalized spacial score (nSPS) is 11.4. The van der Waals surface area contributed by atoms with Gasteiger partial charge < -0.3 is 15.1 Å². The summed E-state index contributed by atoms with van der Waals surface area (Å²) in [4.78, 5) is 18.7. The molecule has 0 saturated carbocycles. The summed E-state index contributed by atoms with van der Waals surface area (Å²) < 4.78 is 23.7. The van der Waals surface area contributed by atoms with E-state index < -0.39 is 7.60 Å². The zero-order valence-electron chi connectivity index (χ0n) is 16.9. The van der Waals surface area contributed by atoms with Gasteiger partial charge in [-0.2, -0.15) is 5.26 Å².